The first kappa shape index (κ1) is 10.6. The Balaban J connectivity index is 1.92. The molecule has 0 aliphatic heterocycles. The monoisotopic (exact) mass is 208 g/mol. The molecule has 4 heteroatoms. The highest BCUT2D eigenvalue weighted by molar-refractivity contribution is 4.94. The highest BCUT2D eigenvalue weighted by Gasteiger charge is 2.18. The predicted octanol–water partition coefficient (Wildman–Crippen LogP) is 1.27. The molecule has 2 unspecified atom stereocenters. The molecule has 2 atom stereocenters. The molecule has 1 aliphatic carbocycles. The van der Waals surface area contributed by atoms with Crippen molar-refractivity contribution in [3.8, 4) is 0 Å². The van der Waals surface area contributed by atoms with Gasteiger partial charge in [-0.3, -0.25) is 4.68 Å². The van der Waals surface area contributed by atoms with Crippen LogP contribution in [0.4, 0.5) is 0 Å². The van der Waals surface area contributed by atoms with Crippen molar-refractivity contribution >= 4 is 0 Å². The summed E-state index contributed by atoms with van der Waals surface area (Å²) in [5.74, 6) is 0.708. The molecule has 1 fully saturated rings. The third-order valence-electron chi connectivity index (χ3n) is 3.22. The minimum absolute atomic E-state index is 0.397. The van der Waals surface area contributed by atoms with Crippen molar-refractivity contribution in [2.45, 2.75) is 44.6 Å². The second-order valence-corrected chi connectivity index (χ2v) is 4.73. The van der Waals surface area contributed by atoms with Gasteiger partial charge in [0.1, 0.15) is 0 Å². The van der Waals surface area contributed by atoms with E-state index in [-0.39, 0.29) is 0 Å². The van der Waals surface area contributed by atoms with Crippen molar-refractivity contribution in [1.29, 1.82) is 0 Å². The molecule has 4 nitrogen and oxygen atoms in total. The SMILES string of the molecule is Cn1cc(CC2CCCCC(N)C2)nn1. The lowest BCUT2D eigenvalue weighted by Crippen LogP contribution is -2.22. The normalized spacial score (nSPS) is 27.6. The Labute approximate surface area is 90.8 Å². The average molecular weight is 208 g/mol. The maximum Gasteiger partial charge on any atom is 0.0829 e. The van der Waals surface area contributed by atoms with E-state index in [4.69, 9.17) is 5.73 Å². The number of rotatable bonds is 2. The number of aromatic nitrogens is 3. The van der Waals surface area contributed by atoms with Crippen LogP contribution in [-0.4, -0.2) is 21.0 Å². The van der Waals surface area contributed by atoms with Gasteiger partial charge in [0, 0.05) is 19.3 Å². The quantitative estimate of drug-likeness (QED) is 0.744. The van der Waals surface area contributed by atoms with Gasteiger partial charge in [0.15, 0.2) is 0 Å². The molecule has 0 aromatic carbocycles. The van der Waals surface area contributed by atoms with Gasteiger partial charge in [-0.05, 0) is 25.2 Å². The van der Waals surface area contributed by atoms with E-state index in [1.807, 2.05) is 13.2 Å². The molecule has 2 N–H and O–H groups in total. The molecule has 0 radical (unpaired) electrons. The number of nitrogens with zero attached hydrogens (tertiary/aromatic N) is 3. The summed E-state index contributed by atoms with van der Waals surface area (Å²) in [6, 6.07) is 0.397. The van der Waals surface area contributed by atoms with Gasteiger partial charge in [-0.2, -0.15) is 0 Å². The molecule has 1 heterocycles. The maximum atomic E-state index is 6.04. The van der Waals surface area contributed by atoms with E-state index >= 15 is 0 Å². The molecule has 0 bridgehead atoms. The van der Waals surface area contributed by atoms with E-state index in [1.165, 1.54) is 25.7 Å². The van der Waals surface area contributed by atoms with E-state index < -0.39 is 0 Å². The number of hydrogen-bond acceptors (Lipinski definition) is 3. The lowest BCUT2D eigenvalue weighted by Gasteiger charge is -2.15. The van der Waals surface area contributed by atoms with Crippen LogP contribution in [0, 0.1) is 5.92 Å². The van der Waals surface area contributed by atoms with Crippen LogP contribution in [0.1, 0.15) is 37.8 Å². The van der Waals surface area contributed by atoms with Gasteiger partial charge in [0.25, 0.3) is 0 Å². The summed E-state index contributed by atoms with van der Waals surface area (Å²) >= 11 is 0. The zero-order valence-electron chi connectivity index (χ0n) is 9.39. The first-order valence-electron chi connectivity index (χ1n) is 5.85. The minimum atomic E-state index is 0.397. The van der Waals surface area contributed by atoms with Crippen LogP contribution in [0.5, 0.6) is 0 Å². The lowest BCUT2D eigenvalue weighted by molar-refractivity contribution is 0.427. The molecule has 1 aliphatic rings. The summed E-state index contributed by atoms with van der Waals surface area (Å²) in [7, 11) is 1.91. The molecule has 0 saturated heterocycles. The molecule has 0 spiro atoms. The summed E-state index contributed by atoms with van der Waals surface area (Å²) in [4.78, 5) is 0. The van der Waals surface area contributed by atoms with Gasteiger partial charge >= 0.3 is 0 Å². The van der Waals surface area contributed by atoms with Gasteiger partial charge in [-0.25, -0.2) is 0 Å². The molecular formula is C11H20N4. The largest absolute Gasteiger partial charge is 0.328 e. The third-order valence-corrected chi connectivity index (χ3v) is 3.22. The van der Waals surface area contributed by atoms with Gasteiger partial charge in [-0.15, -0.1) is 5.10 Å². The molecule has 1 saturated carbocycles. The molecule has 1 aromatic heterocycles. The van der Waals surface area contributed by atoms with Crippen LogP contribution in [0.3, 0.4) is 0 Å². The Morgan fingerprint density at radius 3 is 3.00 bits per heavy atom. The Hall–Kier alpha value is -0.900. The van der Waals surface area contributed by atoms with Crippen molar-refractivity contribution < 1.29 is 0 Å². The number of hydrogen-bond donors (Lipinski definition) is 1. The molecule has 1 aromatic rings. The van der Waals surface area contributed by atoms with Crippen molar-refractivity contribution in [2.24, 2.45) is 18.7 Å². The fraction of sp³-hybridized carbons (Fsp3) is 0.818. The fourth-order valence-corrected chi connectivity index (χ4v) is 2.47. The Morgan fingerprint density at radius 1 is 1.47 bits per heavy atom. The Morgan fingerprint density at radius 2 is 2.27 bits per heavy atom. The lowest BCUT2D eigenvalue weighted by atomic mass is 9.94. The van der Waals surface area contributed by atoms with Gasteiger partial charge in [0.2, 0.25) is 0 Å². The summed E-state index contributed by atoms with van der Waals surface area (Å²) in [5.41, 5.74) is 7.15. The van der Waals surface area contributed by atoms with Crippen molar-refractivity contribution in [2.75, 3.05) is 0 Å². The summed E-state index contributed by atoms with van der Waals surface area (Å²) in [6.45, 7) is 0. The summed E-state index contributed by atoms with van der Waals surface area (Å²) < 4.78 is 1.77. The van der Waals surface area contributed by atoms with E-state index in [0.717, 1.165) is 18.5 Å². The van der Waals surface area contributed by atoms with Gasteiger partial charge in [0.05, 0.1) is 5.69 Å². The maximum absolute atomic E-state index is 6.04. The highest BCUT2D eigenvalue weighted by Crippen LogP contribution is 2.24. The Bertz CT molecular complexity index is 307. The van der Waals surface area contributed by atoms with Crippen LogP contribution >= 0.6 is 0 Å². The van der Waals surface area contributed by atoms with Gasteiger partial charge < -0.3 is 5.73 Å². The summed E-state index contributed by atoms with van der Waals surface area (Å²) in [5, 5.41) is 8.10. The van der Waals surface area contributed by atoms with Crippen LogP contribution in [0.2, 0.25) is 0 Å². The standard InChI is InChI=1S/C11H20N4/c1-15-8-11(13-14-15)7-9-4-2-3-5-10(12)6-9/h8-10H,2-7,12H2,1H3. The zero-order chi connectivity index (χ0) is 10.7. The predicted molar refractivity (Wildman–Crippen MR) is 59.3 cm³/mol. The molecule has 15 heavy (non-hydrogen) atoms. The van der Waals surface area contributed by atoms with Crippen LogP contribution in [0.15, 0.2) is 6.20 Å². The molecule has 2 rings (SSSR count). The topological polar surface area (TPSA) is 56.7 Å². The first-order chi connectivity index (χ1) is 7.24. The molecule has 0 amide bonds. The van der Waals surface area contributed by atoms with Crippen LogP contribution in [0.25, 0.3) is 0 Å². The van der Waals surface area contributed by atoms with Gasteiger partial charge in [-0.1, -0.05) is 24.5 Å². The fourth-order valence-electron chi connectivity index (χ4n) is 2.47. The van der Waals surface area contributed by atoms with Crippen molar-refractivity contribution in [3.63, 3.8) is 0 Å². The van der Waals surface area contributed by atoms with Crippen molar-refractivity contribution in [3.05, 3.63) is 11.9 Å². The molecule has 84 valence electrons. The minimum Gasteiger partial charge on any atom is -0.328 e. The molecular weight excluding hydrogens is 188 g/mol. The summed E-state index contributed by atoms with van der Waals surface area (Å²) in [6.07, 6.45) is 9.30. The van der Waals surface area contributed by atoms with Crippen molar-refractivity contribution in [1.82, 2.24) is 15.0 Å². The van der Waals surface area contributed by atoms with E-state index in [2.05, 4.69) is 10.3 Å². The third kappa shape index (κ3) is 3.02. The second-order valence-electron chi connectivity index (χ2n) is 4.73. The van der Waals surface area contributed by atoms with E-state index in [1.54, 1.807) is 4.68 Å². The Kier molecular flexibility index (Phi) is 3.36. The number of aryl methyl sites for hydroxylation is 1. The second kappa shape index (κ2) is 4.75. The van der Waals surface area contributed by atoms with Crippen LogP contribution < -0.4 is 5.73 Å². The average Bonchev–Trinajstić information content (AvgIpc) is 2.46. The van der Waals surface area contributed by atoms with E-state index in [9.17, 15) is 0 Å². The zero-order valence-corrected chi connectivity index (χ0v) is 9.39. The van der Waals surface area contributed by atoms with E-state index in [0.29, 0.717) is 12.0 Å². The highest BCUT2D eigenvalue weighted by atomic mass is 15.4. The van der Waals surface area contributed by atoms with Crippen LogP contribution in [-0.2, 0) is 13.5 Å². The smallest absolute Gasteiger partial charge is 0.0829 e. The number of nitrogens with two attached hydrogens (primary N) is 1. The first-order valence-corrected chi connectivity index (χ1v) is 5.85.